The fourth-order valence-corrected chi connectivity index (χ4v) is 5.05. The Morgan fingerprint density at radius 2 is 2.00 bits per heavy atom. The molecule has 1 aliphatic carbocycles. The van der Waals surface area contributed by atoms with Crippen molar-refractivity contribution in [2.24, 2.45) is 5.92 Å². The van der Waals surface area contributed by atoms with E-state index in [1.807, 2.05) is 24.3 Å². The molecule has 1 unspecified atom stereocenters. The first-order valence-electron chi connectivity index (χ1n) is 11.8. The third-order valence-corrected chi connectivity index (χ3v) is 6.94. The number of hydrogen-bond donors (Lipinski definition) is 3. The summed E-state index contributed by atoms with van der Waals surface area (Å²) in [5.41, 5.74) is 4.42. The monoisotopic (exact) mass is 500 g/mol. The van der Waals surface area contributed by atoms with Crippen molar-refractivity contribution >= 4 is 16.9 Å². The van der Waals surface area contributed by atoms with Crippen molar-refractivity contribution in [2.45, 2.75) is 26.2 Å². The van der Waals surface area contributed by atoms with Gasteiger partial charge in [-0.1, -0.05) is 18.2 Å². The molecule has 5 aromatic rings. The minimum absolute atomic E-state index is 0.0675. The molecule has 7 nitrogen and oxygen atoms in total. The second kappa shape index (κ2) is 8.85. The van der Waals surface area contributed by atoms with Crippen LogP contribution < -0.4 is 4.74 Å². The zero-order chi connectivity index (χ0) is 25.7. The van der Waals surface area contributed by atoms with Crippen LogP contribution in [0.4, 0.5) is 8.78 Å². The molecule has 0 radical (unpaired) electrons. The fourth-order valence-electron chi connectivity index (χ4n) is 5.05. The number of hydrogen-bond acceptors (Lipinski definition) is 4. The second-order valence-electron chi connectivity index (χ2n) is 9.28. The van der Waals surface area contributed by atoms with Gasteiger partial charge in [0.1, 0.15) is 17.4 Å². The number of halogens is 2. The molecule has 1 aliphatic rings. The van der Waals surface area contributed by atoms with Crippen molar-refractivity contribution < 1.29 is 23.4 Å². The van der Waals surface area contributed by atoms with Gasteiger partial charge in [0, 0.05) is 35.2 Å². The maximum Gasteiger partial charge on any atom is 0.307 e. The number of aliphatic carboxylic acids is 1. The van der Waals surface area contributed by atoms with E-state index < -0.39 is 23.5 Å². The van der Waals surface area contributed by atoms with Gasteiger partial charge in [-0.3, -0.25) is 9.89 Å². The standard InChI is InChI=1S/C28H22F2N4O3/c1-14-19-7-8-31-24(19)13-23(30)26(14)37-18-5-6-22(29)21(12-18)27-32-25(33-34-27)11-16-4-2-3-15-9-17(28(35)36)10-20(15)16/h2-8,12-13,17,31H,9-11H2,1H3,(H,35,36)(H,32,33,34). The lowest BCUT2D eigenvalue weighted by atomic mass is 10.0. The average molecular weight is 501 g/mol. The number of aryl methyl sites for hydroxylation is 1. The van der Waals surface area contributed by atoms with Gasteiger partial charge in [-0.15, -0.1) is 0 Å². The van der Waals surface area contributed by atoms with Crippen LogP contribution in [-0.2, 0) is 24.1 Å². The molecule has 9 heteroatoms. The van der Waals surface area contributed by atoms with Gasteiger partial charge in [-0.25, -0.2) is 13.8 Å². The third kappa shape index (κ3) is 4.12. The van der Waals surface area contributed by atoms with Gasteiger partial charge < -0.3 is 14.8 Å². The predicted molar refractivity (Wildman–Crippen MR) is 133 cm³/mol. The molecule has 1 atom stereocenters. The summed E-state index contributed by atoms with van der Waals surface area (Å²) in [6, 6.07) is 13.1. The topological polar surface area (TPSA) is 104 Å². The normalized spacial score (nSPS) is 14.7. The van der Waals surface area contributed by atoms with Crippen LogP contribution in [0.25, 0.3) is 22.3 Å². The summed E-state index contributed by atoms with van der Waals surface area (Å²) in [5.74, 6) is -1.31. The van der Waals surface area contributed by atoms with Crippen LogP contribution in [0.5, 0.6) is 11.5 Å². The molecule has 0 bridgehead atoms. The fraction of sp³-hybridized carbons (Fsp3) is 0.179. The Bertz CT molecular complexity index is 1670. The molecular formula is C28H22F2N4O3. The van der Waals surface area contributed by atoms with Crippen molar-refractivity contribution in [1.29, 1.82) is 0 Å². The van der Waals surface area contributed by atoms with E-state index in [4.69, 9.17) is 4.74 Å². The Balaban J connectivity index is 1.27. The van der Waals surface area contributed by atoms with E-state index in [1.165, 1.54) is 24.3 Å². The zero-order valence-electron chi connectivity index (χ0n) is 19.8. The lowest BCUT2D eigenvalue weighted by Crippen LogP contribution is -2.13. The summed E-state index contributed by atoms with van der Waals surface area (Å²) in [5, 5.41) is 17.3. The quantitative estimate of drug-likeness (QED) is 0.277. The van der Waals surface area contributed by atoms with Crippen LogP contribution in [0.1, 0.15) is 28.1 Å². The molecule has 0 saturated carbocycles. The predicted octanol–water partition coefficient (Wildman–Crippen LogP) is 5.72. The number of carboxylic acid groups (broad SMARTS) is 1. The van der Waals surface area contributed by atoms with Crippen molar-refractivity contribution in [3.63, 3.8) is 0 Å². The Morgan fingerprint density at radius 1 is 1.14 bits per heavy atom. The smallest absolute Gasteiger partial charge is 0.307 e. The van der Waals surface area contributed by atoms with E-state index in [0.717, 1.165) is 22.1 Å². The average Bonchev–Trinajstić information content (AvgIpc) is 3.62. The molecule has 0 aliphatic heterocycles. The highest BCUT2D eigenvalue weighted by Gasteiger charge is 2.29. The van der Waals surface area contributed by atoms with E-state index in [-0.39, 0.29) is 22.9 Å². The van der Waals surface area contributed by atoms with Crippen molar-refractivity contribution in [3.05, 3.63) is 94.4 Å². The highest BCUT2D eigenvalue weighted by molar-refractivity contribution is 5.85. The van der Waals surface area contributed by atoms with Gasteiger partial charge in [-0.2, -0.15) is 5.10 Å². The molecule has 37 heavy (non-hydrogen) atoms. The molecule has 0 saturated heterocycles. The number of carbonyl (C=O) groups is 1. The lowest BCUT2D eigenvalue weighted by molar-refractivity contribution is -0.141. The van der Waals surface area contributed by atoms with Gasteiger partial charge in [0.25, 0.3) is 0 Å². The number of ether oxygens (including phenoxy) is 1. The van der Waals surface area contributed by atoms with Crippen molar-refractivity contribution in [2.75, 3.05) is 0 Å². The van der Waals surface area contributed by atoms with E-state index in [2.05, 4.69) is 20.2 Å². The van der Waals surface area contributed by atoms with Gasteiger partial charge in [0.05, 0.1) is 11.5 Å². The minimum atomic E-state index is -0.801. The zero-order valence-corrected chi connectivity index (χ0v) is 19.8. The summed E-state index contributed by atoms with van der Waals surface area (Å²) in [4.78, 5) is 18.9. The van der Waals surface area contributed by atoms with E-state index in [1.54, 1.807) is 13.1 Å². The van der Waals surface area contributed by atoms with Crippen molar-refractivity contribution in [3.8, 4) is 22.9 Å². The lowest BCUT2D eigenvalue weighted by Gasteiger charge is -2.12. The van der Waals surface area contributed by atoms with Gasteiger partial charge >= 0.3 is 5.97 Å². The van der Waals surface area contributed by atoms with Crippen LogP contribution in [0.2, 0.25) is 0 Å². The Labute approximate surface area is 210 Å². The van der Waals surface area contributed by atoms with Crippen LogP contribution in [0.15, 0.2) is 54.7 Å². The first-order chi connectivity index (χ1) is 17.9. The number of H-pyrrole nitrogens is 2. The number of nitrogens with zero attached hydrogens (tertiary/aromatic N) is 2. The molecular weight excluding hydrogens is 478 g/mol. The van der Waals surface area contributed by atoms with Gasteiger partial charge in [0.2, 0.25) is 0 Å². The second-order valence-corrected chi connectivity index (χ2v) is 9.28. The molecule has 186 valence electrons. The highest BCUT2D eigenvalue weighted by Crippen LogP contribution is 2.35. The summed E-state index contributed by atoms with van der Waals surface area (Å²) < 4.78 is 35.4. The first-order valence-corrected chi connectivity index (χ1v) is 11.8. The summed E-state index contributed by atoms with van der Waals surface area (Å²) in [7, 11) is 0. The van der Waals surface area contributed by atoms with Crippen LogP contribution in [-0.4, -0.2) is 31.2 Å². The summed E-state index contributed by atoms with van der Waals surface area (Å²) >= 11 is 0. The Hall–Kier alpha value is -4.53. The Kier molecular flexibility index (Phi) is 5.48. The molecule has 0 amide bonds. The number of rotatable bonds is 6. The number of fused-ring (bicyclic) bond motifs is 2. The molecule has 3 aromatic carbocycles. The summed E-state index contributed by atoms with van der Waals surface area (Å²) in [6.45, 7) is 1.76. The van der Waals surface area contributed by atoms with E-state index in [9.17, 15) is 18.7 Å². The number of benzene rings is 3. The maximum atomic E-state index is 14.8. The molecule has 0 fully saturated rings. The van der Waals surface area contributed by atoms with Gasteiger partial charge in [-0.05, 0) is 60.7 Å². The third-order valence-electron chi connectivity index (χ3n) is 6.94. The molecule has 6 rings (SSSR count). The van der Waals surface area contributed by atoms with Crippen LogP contribution in [0, 0.1) is 24.5 Å². The highest BCUT2D eigenvalue weighted by atomic mass is 19.1. The Morgan fingerprint density at radius 3 is 2.84 bits per heavy atom. The first kappa shape index (κ1) is 22.9. The largest absolute Gasteiger partial charge is 0.481 e. The van der Waals surface area contributed by atoms with E-state index >= 15 is 0 Å². The van der Waals surface area contributed by atoms with Crippen LogP contribution >= 0.6 is 0 Å². The number of carboxylic acids is 1. The van der Waals surface area contributed by atoms with E-state index in [0.29, 0.717) is 36.2 Å². The molecule has 2 aromatic heterocycles. The molecule has 0 spiro atoms. The van der Waals surface area contributed by atoms with Crippen molar-refractivity contribution in [1.82, 2.24) is 20.2 Å². The van der Waals surface area contributed by atoms with Gasteiger partial charge in [0.15, 0.2) is 17.4 Å². The molecule has 3 N–H and O–H groups in total. The maximum absolute atomic E-state index is 14.8. The number of aromatic amines is 2. The SMILES string of the molecule is Cc1c(Oc2ccc(F)c(-c3n[nH]c(Cc4cccc5c4CC(C(=O)O)C5)n3)c2)c(F)cc2[nH]ccc12. The van der Waals surface area contributed by atoms with Crippen LogP contribution in [0.3, 0.4) is 0 Å². The summed E-state index contributed by atoms with van der Waals surface area (Å²) in [6.07, 6.45) is 3.11. The number of aromatic nitrogens is 4. The number of nitrogens with one attached hydrogen (secondary N) is 2. The minimum Gasteiger partial charge on any atom is -0.481 e. The molecule has 2 heterocycles.